The first kappa shape index (κ1) is 16.9. The highest BCUT2D eigenvalue weighted by Crippen LogP contribution is 2.16. The minimum atomic E-state index is -3.60. The topological polar surface area (TPSA) is 92.5 Å². The second-order valence-corrected chi connectivity index (χ2v) is 7.67. The maximum atomic E-state index is 12.5. The van der Waals surface area contributed by atoms with E-state index in [0.29, 0.717) is 18.7 Å². The summed E-state index contributed by atoms with van der Waals surface area (Å²) in [4.78, 5) is 14.3. The first-order valence-electron chi connectivity index (χ1n) is 7.47. The Balaban J connectivity index is 2.23. The second-order valence-electron chi connectivity index (χ2n) is 5.96. The van der Waals surface area contributed by atoms with Gasteiger partial charge in [0.05, 0.1) is 4.90 Å². The summed E-state index contributed by atoms with van der Waals surface area (Å²) in [5.41, 5.74) is 6.27. The Morgan fingerprint density at radius 2 is 2.14 bits per heavy atom. The van der Waals surface area contributed by atoms with E-state index in [0.717, 1.165) is 12.8 Å². The van der Waals surface area contributed by atoms with Gasteiger partial charge in [0.25, 0.3) is 5.91 Å². The number of hydrogen-bond donors (Lipinski definition) is 2. The monoisotopic (exact) mass is 325 g/mol. The van der Waals surface area contributed by atoms with Gasteiger partial charge in [-0.3, -0.25) is 4.79 Å². The number of nitrogens with two attached hydrogens (primary N) is 1. The molecule has 1 saturated heterocycles. The second kappa shape index (κ2) is 6.76. The SMILES string of the molecule is CC(C)NS(=O)(=O)c1cccc(C(=O)N2CCCC(N)C2)c1. The van der Waals surface area contributed by atoms with Crippen molar-refractivity contribution < 1.29 is 13.2 Å². The van der Waals surface area contributed by atoms with Crippen LogP contribution in [-0.4, -0.2) is 44.4 Å². The number of hydrogen-bond acceptors (Lipinski definition) is 4. The largest absolute Gasteiger partial charge is 0.337 e. The molecule has 0 saturated carbocycles. The Hall–Kier alpha value is -1.44. The van der Waals surface area contributed by atoms with Gasteiger partial charge in [-0.1, -0.05) is 6.07 Å². The number of rotatable bonds is 4. The van der Waals surface area contributed by atoms with Gasteiger partial charge >= 0.3 is 0 Å². The van der Waals surface area contributed by atoms with Crippen molar-refractivity contribution in [2.24, 2.45) is 5.73 Å². The molecular weight excluding hydrogens is 302 g/mol. The summed E-state index contributed by atoms with van der Waals surface area (Å²) in [5.74, 6) is -0.170. The van der Waals surface area contributed by atoms with Gasteiger partial charge in [-0.15, -0.1) is 0 Å². The van der Waals surface area contributed by atoms with Crippen molar-refractivity contribution in [1.82, 2.24) is 9.62 Å². The zero-order chi connectivity index (χ0) is 16.3. The maximum Gasteiger partial charge on any atom is 0.253 e. The van der Waals surface area contributed by atoms with Crippen LogP contribution in [0.2, 0.25) is 0 Å². The molecule has 122 valence electrons. The minimum Gasteiger partial charge on any atom is -0.337 e. The molecule has 0 bridgehead atoms. The van der Waals surface area contributed by atoms with Crippen LogP contribution in [0.15, 0.2) is 29.2 Å². The van der Waals surface area contributed by atoms with Crippen LogP contribution in [0.3, 0.4) is 0 Å². The highest BCUT2D eigenvalue weighted by molar-refractivity contribution is 7.89. The molecule has 1 atom stereocenters. The number of sulfonamides is 1. The van der Waals surface area contributed by atoms with Crippen LogP contribution in [0, 0.1) is 0 Å². The summed E-state index contributed by atoms with van der Waals surface area (Å²) in [6.45, 7) is 4.68. The molecule has 1 unspecified atom stereocenters. The van der Waals surface area contributed by atoms with Gasteiger partial charge in [-0.25, -0.2) is 13.1 Å². The van der Waals surface area contributed by atoms with E-state index in [1.54, 1.807) is 30.9 Å². The predicted octanol–water partition coefficient (Wildman–Crippen LogP) is 0.937. The Labute approximate surface area is 131 Å². The van der Waals surface area contributed by atoms with E-state index in [1.807, 2.05) is 0 Å². The highest BCUT2D eigenvalue weighted by Gasteiger charge is 2.24. The number of piperidine rings is 1. The Bertz CT molecular complexity index is 643. The average Bonchev–Trinajstić information content (AvgIpc) is 2.45. The molecule has 0 spiro atoms. The maximum absolute atomic E-state index is 12.5. The van der Waals surface area contributed by atoms with Crippen LogP contribution in [0.1, 0.15) is 37.0 Å². The van der Waals surface area contributed by atoms with E-state index >= 15 is 0 Å². The average molecular weight is 325 g/mol. The molecule has 1 aliphatic heterocycles. The van der Waals surface area contributed by atoms with Crippen molar-refractivity contribution >= 4 is 15.9 Å². The first-order chi connectivity index (χ1) is 10.3. The summed E-state index contributed by atoms with van der Waals surface area (Å²) < 4.78 is 26.9. The fourth-order valence-corrected chi connectivity index (χ4v) is 3.85. The van der Waals surface area contributed by atoms with Crippen LogP contribution in [0.4, 0.5) is 0 Å². The molecule has 7 heteroatoms. The van der Waals surface area contributed by atoms with Crippen molar-refractivity contribution in [2.75, 3.05) is 13.1 Å². The van der Waals surface area contributed by atoms with Crippen LogP contribution < -0.4 is 10.5 Å². The quantitative estimate of drug-likeness (QED) is 0.861. The van der Waals surface area contributed by atoms with Crippen LogP contribution in [-0.2, 0) is 10.0 Å². The number of carbonyl (C=O) groups is 1. The number of likely N-dealkylation sites (tertiary alicyclic amines) is 1. The van der Waals surface area contributed by atoms with Crippen molar-refractivity contribution in [1.29, 1.82) is 0 Å². The molecule has 22 heavy (non-hydrogen) atoms. The molecule has 0 aromatic heterocycles. The summed E-state index contributed by atoms with van der Waals surface area (Å²) in [7, 11) is -3.60. The van der Waals surface area contributed by atoms with Gasteiger partial charge in [-0.2, -0.15) is 0 Å². The lowest BCUT2D eigenvalue weighted by Gasteiger charge is -2.30. The van der Waals surface area contributed by atoms with Gasteiger partial charge in [0.15, 0.2) is 0 Å². The smallest absolute Gasteiger partial charge is 0.253 e. The molecule has 2 rings (SSSR count). The van der Waals surface area contributed by atoms with Crippen LogP contribution in [0.25, 0.3) is 0 Å². The summed E-state index contributed by atoms with van der Waals surface area (Å²) in [6.07, 6.45) is 1.79. The number of nitrogens with one attached hydrogen (secondary N) is 1. The molecule has 0 aliphatic carbocycles. The molecule has 0 radical (unpaired) electrons. The summed E-state index contributed by atoms with van der Waals surface area (Å²) in [5, 5.41) is 0. The normalized spacial score (nSPS) is 19.5. The van der Waals surface area contributed by atoms with Crippen molar-refractivity contribution in [3.63, 3.8) is 0 Å². The van der Waals surface area contributed by atoms with E-state index in [2.05, 4.69) is 4.72 Å². The molecule has 1 heterocycles. The Kier molecular flexibility index (Phi) is 5.20. The molecule has 1 amide bonds. The fraction of sp³-hybridized carbons (Fsp3) is 0.533. The lowest BCUT2D eigenvalue weighted by atomic mass is 10.1. The predicted molar refractivity (Wildman–Crippen MR) is 85.0 cm³/mol. The van der Waals surface area contributed by atoms with E-state index in [9.17, 15) is 13.2 Å². The lowest BCUT2D eigenvalue weighted by molar-refractivity contribution is 0.0708. The Morgan fingerprint density at radius 3 is 2.77 bits per heavy atom. The molecule has 1 aliphatic rings. The number of carbonyl (C=O) groups excluding carboxylic acids is 1. The van der Waals surface area contributed by atoms with Crippen LogP contribution in [0.5, 0.6) is 0 Å². The number of benzene rings is 1. The zero-order valence-corrected chi connectivity index (χ0v) is 13.8. The lowest BCUT2D eigenvalue weighted by Crippen LogP contribution is -2.45. The Morgan fingerprint density at radius 1 is 1.41 bits per heavy atom. The van der Waals surface area contributed by atoms with Gasteiger partial charge in [0, 0.05) is 30.7 Å². The highest BCUT2D eigenvalue weighted by atomic mass is 32.2. The molecule has 6 nitrogen and oxygen atoms in total. The van der Waals surface area contributed by atoms with Gasteiger partial charge in [0.2, 0.25) is 10.0 Å². The first-order valence-corrected chi connectivity index (χ1v) is 8.95. The number of nitrogens with zero attached hydrogens (tertiary/aromatic N) is 1. The van der Waals surface area contributed by atoms with Crippen molar-refractivity contribution in [3.05, 3.63) is 29.8 Å². The van der Waals surface area contributed by atoms with E-state index in [-0.39, 0.29) is 22.9 Å². The van der Waals surface area contributed by atoms with E-state index in [4.69, 9.17) is 5.73 Å². The van der Waals surface area contributed by atoms with E-state index < -0.39 is 10.0 Å². The number of amides is 1. The van der Waals surface area contributed by atoms with E-state index in [1.165, 1.54) is 12.1 Å². The van der Waals surface area contributed by atoms with Crippen LogP contribution >= 0.6 is 0 Å². The van der Waals surface area contributed by atoms with Crippen molar-refractivity contribution in [3.8, 4) is 0 Å². The third kappa shape index (κ3) is 4.06. The molecule has 1 aromatic carbocycles. The zero-order valence-electron chi connectivity index (χ0n) is 13.0. The van der Waals surface area contributed by atoms with Gasteiger partial charge < -0.3 is 10.6 Å². The standard InChI is InChI=1S/C15H23N3O3S/c1-11(2)17-22(20,21)14-7-3-5-12(9-14)15(19)18-8-4-6-13(16)10-18/h3,5,7,9,11,13,17H,4,6,8,10,16H2,1-2H3. The third-order valence-corrected chi connectivity index (χ3v) is 5.18. The van der Waals surface area contributed by atoms with Gasteiger partial charge in [-0.05, 0) is 44.9 Å². The molecular formula is C15H23N3O3S. The van der Waals surface area contributed by atoms with Crippen molar-refractivity contribution in [2.45, 2.75) is 43.7 Å². The van der Waals surface area contributed by atoms with Gasteiger partial charge in [0.1, 0.15) is 0 Å². The molecule has 1 fully saturated rings. The molecule has 1 aromatic rings. The minimum absolute atomic E-state index is 0.00720. The fourth-order valence-electron chi connectivity index (χ4n) is 2.55. The molecule has 3 N–H and O–H groups in total. The third-order valence-electron chi connectivity index (χ3n) is 3.53. The summed E-state index contributed by atoms with van der Waals surface area (Å²) in [6, 6.07) is 5.93. The summed E-state index contributed by atoms with van der Waals surface area (Å²) >= 11 is 0.